The van der Waals surface area contributed by atoms with Crippen LogP contribution in [-0.2, 0) is 24.0 Å². The number of carboxylic acid groups (broad SMARTS) is 1. The van der Waals surface area contributed by atoms with E-state index < -0.39 is 53.8 Å². The van der Waals surface area contributed by atoms with Gasteiger partial charge < -0.3 is 38.3 Å². The summed E-state index contributed by atoms with van der Waals surface area (Å²) in [6.07, 6.45) is 1.54. The molecule has 0 aromatic rings. The lowest BCUT2D eigenvalue weighted by Gasteiger charge is -2.25. The Morgan fingerprint density at radius 3 is 1.91 bits per heavy atom. The van der Waals surface area contributed by atoms with E-state index in [4.69, 9.17) is 17.2 Å². The molecule has 10 N–H and O–H groups in total. The number of hydrogen-bond acceptors (Lipinski definition) is 8. The Hall–Kier alpha value is -2.38. The summed E-state index contributed by atoms with van der Waals surface area (Å²) in [6, 6.07) is -4.27. The summed E-state index contributed by atoms with van der Waals surface area (Å²) < 4.78 is 0. The number of aliphatic carboxylic acids is 1. The lowest BCUT2D eigenvalue weighted by molar-refractivity contribution is -0.142. The van der Waals surface area contributed by atoms with Crippen LogP contribution in [0.15, 0.2) is 0 Å². The molecule has 0 spiro atoms. The van der Waals surface area contributed by atoms with E-state index in [2.05, 4.69) is 28.6 Å². The van der Waals surface area contributed by atoms with Gasteiger partial charge in [0.15, 0.2) is 0 Å². The predicted octanol–water partition coefficient (Wildman–Crippen LogP) is -1.78. The maximum absolute atomic E-state index is 12.8. The molecule has 0 aliphatic carbocycles. The number of carbonyl (C=O) groups excluding carboxylic acids is 4. The predicted molar refractivity (Wildman–Crippen MR) is 126 cm³/mol. The molecule has 0 rings (SSSR count). The molecule has 0 heterocycles. The Morgan fingerprint density at radius 1 is 0.879 bits per heavy atom. The zero-order valence-corrected chi connectivity index (χ0v) is 20.1. The van der Waals surface area contributed by atoms with Crippen LogP contribution in [0, 0.1) is 5.92 Å². The van der Waals surface area contributed by atoms with E-state index in [9.17, 15) is 29.1 Å². The largest absolute Gasteiger partial charge is 0.480 e. The fraction of sp³-hybridized carbons (Fsp3) is 0.750. The highest BCUT2D eigenvalue weighted by Crippen LogP contribution is 2.08. The topological polar surface area (TPSA) is 220 Å². The van der Waals surface area contributed by atoms with Crippen molar-refractivity contribution in [3.8, 4) is 0 Å². The zero-order valence-electron chi connectivity index (χ0n) is 19.2. The molecule has 0 saturated heterocycles. The zero-order chi connectivity index (χ0) is 25.6. The molecule has 4 atom stereocenters. The molecule has 190 valence electrons. The number of thiol groups is 1. The second-order valence-electron chi connectivity index (χ2n) is 8.23. The van der Waals surface area contributed by atoms with Gasteiger partial charge >= 0.3 is 5.97 Å². The van der Waals surface area contributed by atoms with Crippen LogP contribution in [0.4, 0.5) is 0 Å². The van der Waals surface area contributed by atoms with Gasteiger partial charge in [-0.15, -0.1) is 0 Å². The number of carbonyl (C=O) groups is 5. The van der Waals surface area contributed by atoms with Crippen LogP contribution < -0.4 is 33.2 Å². The summed E-state index contributed by atoms with van der Waals surface area (Å²) >= 11 is 4.09. The number of nitrogens with two attached hydrogens (primary N) is 3. The Labute approximate surface area is 199 Å². The van der Waals surface area contributed by atoms with Crippen LogP contribution in [0.3, 0.4) is 0 Å². The molecular weight excluding hydrogens is 452 g/mol. The standard InChI is InChI=1S/C20H38N6O6S/c1-11(2)9-14(25-17(28)12(22)6-7-16(23)27)18(29)26-15(10-33)19(30)24-13(20(31)32)5-3-4-8-21/h11-15,33H,3-10,21-22H2,1-2H3,(H2,23,27)(H,24,30)(H,25,28)(H,26,29)(H,31,32). The van der Waals surface area contributed by atoms with E-state index in [0.29, 0.717) is 19.4 Å². The van der Waals surface area contributed by atoms with Crippen LogP contribution in [-0.4, -0.2) is 71.2 Å². The average Bonchev–Trinajstić information content (AvgIpc) is 2.73. The number of carboxylic acids is 1. The van der Waals surface area contributed by atoms with Crippen LogP contribution in [0.2, 0.25) is 0 Å². The average molecular weight is 491 g/mol. The lowest BCUT2D eigenvalue weighted by atomic mass is 10.0. The van der Waals surface area contributed by atoms with Gasteiger partial charge in [-0.1, -0.05) is 13.8 Å². The number of rotatable bonds is 17. The van der Waals surface area contributed by atoms with Gasteiger partial charge in [0, 0.05) is 12.2 Å². The molecule has 0 aliphatic heterocycles. The third kappa shape index (κ3) is 13.0. The second-order valence-corrected chi connectivity index (χ2v) is 8.59. The minimum Gasteiger partial charge on any atom is -0.480 e. The van der Waals surface area contributed by atoms with Gasteiger partial charge in [-0.2, -0.15) is 12.6 Å². The van der Waals surface area contributed by atoms with Gasteiger partial charge in [0.2, 0.25) is 23.6 Å². The van der Waals surface area contributed by atoms with E-state index in [-0.39, 0.29) is 37.4 Å². The number of amides is 4. The molecule has 0 aliphatic rings. The highest BCUT2D eigenvalue weighted by atomic mass is 32.1. The van der Waals surface area contributed by atoms with Crippen molar-refractivity contribution >= 4 is 42.2 Å². The normalized spacial score (nSPS) is 14.6. The SMILES string of the molecule is CC(C)CC(NC(=O)C(N)CCC(N)=O)C(=O)NC(CS)C(=O)NC(CCCCN)C(=O)O. The van der Waals surface area contributed by atoms with E-state index in [0.717, 1.165) is 0 Å². The molecule has 13 heteroatoms. The first-order valence-electron chi connectivity index (χ1n) is 10.9. The number of nitrogens with one attached hydrogen (secondary N) is 3. The number of hydrogen-bond donors (Lipinski definition) is 8. The first-order chi connectivity index (χ1) is 15.4. The molecule has 0 radical (unpaired) electrons. The highest BCUT2D eigenvalue weighted by Gasteiger charge is 2.30. The Kier molecular flexibility index (Phi) is 15.1. The van der Waals surface area contributed by atoms with Crippen molar-refractivity contribution in [3.05, 3.63) is 0 Å². The summed E-state index contributed by atoms with van der Waals surface area (Å²) in [4.78, 5) is 60.1. The quantitative estimate of drug-likeness (QED) is 0.0858. The summed E-state index contributed by atoms with van der Waals surface area (Å²) in [5.41, 5.74) is 16.2. The smallest absolute Gasteiger partial charge is 0.326 e. The van der Waals surface area contributed by atoms with Crippen LogP contribution in [0.1, 0.15) is 52.4 Å². The molecule has 0 aromatic heterocycles. The van der Waals surface area contributed by atoms with Crippen LogP contribution >= 0.6 is 12.6 Å². The Balaban J connectivity index is 5.17. The van der Waals surface area contributed by atoms with Crippen molar-refractivity contribution in [3.63, 3.8) is 0 Å². The Bertz CT molecular complexity index is 677. The fourth-order valence-corrected chi connectivity index (χ4v) is 3.16. The second kappa shape index (κ2) is 16.3. The monoisotopic (exact) mass is 490 g/mol. The van der Waals surface area contributed by atoms with Crippen molar-refractivity contribution in [1.82, 2.24) is 16.0 Å². The van der Waals surface area contributed by atoms with Crippen molar-refractivity contribution in [2.45, 2.75) is 76.5 Å². The number of unbranched alkanes of at least 4 members (excludes halogenated alkanes) is 1. The van der Waals surface area contributed by atoms with E-state index >= 15 is 0 Å². The molecule has 4 amide bonds. The first kappa shape index (κ1) is 30.6. The third-order valence-corrected chi connectivity index (χ3v) is 5.12. The molecule has 0 fully saturated rings. The van der Waals surface area contributed by atoms with Crippen molar-refractivity contribution in [2.24, 2.45) is 23.1 Å². The van der Waals surface area contributed by atoms with Gasteiger partial charge in [0.1, 0.15) is 18.1 Å². The Morgan fingerprint density at radius 2 is 1.42 bits per heavy atom. The summed E-state index contributed by atoms with van der Waals surface area (Å²) in [7, 11) is 0. The molecular formula is C20H38N6O6S. The van der Waals surface area contributed by atoms with Crippen molar-refractivity contribution in [2.75, 3.05) is 12.3 Å². The summed E-state index contributed by atoms with van der Waals surface area (Å²) in [5, 5.41) is 16.8. The van der Waals surface area contributed by atoms with Crippen molar-refractivity contribution in [1.29, 1.82) is 0 Å². The third-order valence-electron chi connectivity index (χ3n) is 4.76. The maximum atomic E-state index is 12.8. The minimum atomic E-state index is -1.19. The maximum Gasteiger partial charge on any atom is 0.326 e. The van der Waals surface area contributed by atoms with Crippen LogP contribution in [0.25, 0.3) is 0 Å². The minimum absolute atomic E-state index is 0.0186. The number of primary amides is 1. The van der Waals surface area contributed by atoms with E-state index in [1.165, 1.54) is 0 Å². The molecule has 12 nitrogen and oxygen atoms in total. The lowest BCUT2D eigenvalue weighted by Crippen LogP contribution is -2.57. The molecule has 4 unspecified atom stereocenters. The first-order valence-corrected chi connectivity index (χ1v) is 11.5. The molecule has 33 heavy (non-hydrogen) atoms. The fourth-order valence-electron chi connectivity index (χ4n) is 2.90. The van der Waals surface area contributed by atoms with Crippen LogP contribution in [0.5, 0.6) is 0 Å². The van der Waals surface area contributed by atoms with Gasteiger partial charge in [0.25, 0.3) is 0 Å². The van der Waals surface area contributed by atoms with E-state index in [1.807, 2.05) is 13.8 Å². The van der Waals surface area contributed by atoms with E-state index in [1.54, 1.807) is 0 Å². The highest BCUT2D eigenvalue weighted by molar-refractivity contribution is 7.80. The van der Waals surface area contributed by atoms with Crippen molar-refractivity contribution < 1.29 is 29.1 Å². The molecule has 0 bridgehead atoms. The van der Waals surface area contributed by atoms with Gasteiger partial charge in [-0.05, 0) is 44.6 Å². The van der Waals surface area contributed by atoms with Gasteiger partial charge in [-0.25, -0.2) is 4.79 Å². The molecule has 0 saturated carbocycles. The van der Waals surface area contributed by atoms with Gasteiger partial charge in [0.05, 0.1) is 6.04 Å². The van der Waals surface area contributed by atoms with Gasteiger partial charge in [-0.3, -0.25) is 19.2 Å². The summed E-state index contributed by atoms with van der Waals surface area (Å²) in [5.74, 6) is -3.83. The summed E-state index contributed by atoms with van der Waals surface area (Å²) in [6.45, 7) is 4.10. The molecule has 0 aromatic carbocycles.